The second-order valence-corrected chi connectivity index (χ2v) is 3.75. The van der Waals surface area contributed by atoms with Crippen LogP contribution in [0.3, 0.4) is 0 Å². The van der Waals surface area contributed by atoms with Crippen molar-refractivity contribution in [2.45, 2.75) is 26.8 Å². The number of aliphatic hydroxyl groups excluding tert-OH is 1. The summed E-state index contributed by atoms with van der Waals surface area (Å²) < 4.78 is 0. The van der Waals surface area contributed by atoms with E-state index in [1.165, 1.54) is 6.08 Å². The zero-order valence-electron chi connectivity index (χ0n) is 7.92. The third-order valence-corrected chi connectivity index (χ3v) is 1.48. The number of carbonyl (C=O) groups excluding carboxylic acids is 1. The average molecular weight is 171 g/mol. The smallest absolute Gasteiger partial charge is 0.225 e. The fraction of sp³-hybridized carbons (Fsp3) is 0.667. The first-order valence-corrected chi connectivity index (χ1v) is 3.96. The highest BCUT2D eigenvalue weighted by Crippen LogP contribution is 2.12. The maximum absolute atomic E-state index is 11.3. The molecule has 0 rings (SSSR count). The van der Waals surface area contributed by atoms with E-state index in [-0.39, 0.29) is 18.6 Å². The van der Waals surface area contributed by atoms with Gasteiger partial charge in [-0.25, -0.2) is 0 Å². The molecule has 0 saturated heterocycles. The van der Waals surface area contributed by atoms with Crippen molar-refractivity contribution in [2.24, 2.45) is 5.41 Å². The summed E-state index contributed by atoms with van der Waals surface area (Å²) in [5, 5.41) is 11.4. The van der Waals surface area contributed by atoms with Gasteiger partial charge in [-0.2, -0.15) is 0 Å². The van der Waals surface area contributed by atoms with Crippen LogP contribution in [-0.4, -0.2) is 23.7 Å². The first kappa shape index (κ1) is 11.2. The molecule has 0 bridgehead atoms. The first-order chi connectivity index (χ1) is 5.41. The van der Waals surface area contributed by atoms with E-state index < -0.39 is 5.41 Å². The zero-order chi connectivity index (χ0) is 9.78. The van der Waals surface area contributed by atoms with Gasteiger partial charge >= 0.3 is 0 Å². The molecule has 12 heavy (non-hydrogen) atoms. The molecule has 0 aromatic carbocycles. The van der Waals surface area contributed by atoms with Gasteiger partial charge in [-0.05, 0) is 0 Å². The van der Waals surface area contributed by atoms with E-state index in [2.05, 4.69) is 11.9 Å². The summed E-state index contributed by atoms with van der Waals surface area (Å²) in [6.07, 6.45) is 1.52. The van der Waals surface area contributed by atoms with Crippen LogP contribution in [0.4, 0.5) is 0 Å². The minimum atomic E-state index is -0.420. The second-order valence-electron chi connectivity index (χ2n) is 3.75. The predicted molar refractivity (Wildman–Crippen MR) is 48.7 cm³/mol. The Hall–Kier alpha value is -0.830. The number of hydrogen-bond donors (Lipinski definition) is 2. The molecular formula is C9H17NO2. The van der Waals surface area contributed by atoms with Crippen molar-refractivity contribution in [1.82, 2.24) is 5.32 Å². The lowest BCUT2D eigenvalue weighted by Gasteiger charge is -2.20. The Kier molecular flexibility index (Phi) is 3.96. The van der Waals surface area contributed by atoms with Crippen LogP contribution in [0.1, 0.15) is 20.8 Å². The molecule has 0 aliphatic carbocycles. The van der Waals surface area contributed by atoms with Crippen LogP contribution >= 0.6 is 0 Å². The molecule has 0 saturated carbocycles. The highest BCUT2D eigenvalue weighted by Gasteiger charge is 2.22. The van der Waals surface area contributed by atoms with E-state index in [1.54, 1.807) is 0 Å². The fourth-order valence-corrected chi connectivity index (χ4v) is 0.564. The topological polar surface area (TPSA) is 49.3 Å². The molecule has 0 aliphatic rings. The number of rotatable bonds is 3. The van der Waals surface area contributed by atoms with Crippen molar-refractivity contribution in [2.75, 3.05) is 6.61 Å². The average Bonchev–Trinajstić information content (AvgIpc) is 1.97. The lowest BCUT2D eigenvalue weighted by Crippen LogP contribution is -2.42. The predicted octanol–water partition coefficient (Wildman–Crippen LogP) is 0.696. The summed E-state index contributed by atoms with van der Waals surface area (Å²) in [4.78, 5) is 11.3. The molecule has 0 aromatic rings. The van der Waals surface area contributed by atoms with E-state index in [0.29, 0.717) is 0 Å². The van der Waals surface area contributed by atoms with Gasteiger partial charge in [0.15, 0.2) is 0 Å². The quantitative estimate of drug-likeness (QED) is 0.614. The molecule has 0 aromatic heterocycles. The second kappa shape index (κ2) is 4.26. The van der Waals surface area contributed by atoms with Crippen molar-refractivity contribution in [1.29, 1.82) is 0 Å². The molecule has 0 radical (unpaired) electrons. The summed E-state index contributed by atoms with van der Waals surface area (Å²) in [5.74, 6) is -0.0820. The van der Waals surface area contributed by atoms with Crippen LogP contribution in [0.15, 0.2) is 12.7 Å². The summed E-state index contributed by atoms with van der Waals surface area (Å²) in [7, 11) is 0. The third kappa shape index (κ3) is 3.53. The van der Waals surface area contributed by atoms with E-state index in [1.807, 2.05) is 20.8 Å². The number of nitrogens with one attached hydrogen (secondary N) is 1. The number of carbonyl (C=O) groups is 1. The third-order valence-electron chi connectivity index (χ3n) is 1.48. The fourth-order valence-electron chi connectivity index (χ4n) is 0.564. The van der Waals surface area contributed by atoms with Crippen LogP contribution in [0.25, 0.3) is 0 Å². The van der Waals surface area contributed by atoms with Gasteiger partial charge in [0, 0.05) is 5.41 Å². The molecule has 0 spiro atoms. The zero-order valence-corrected chi connectivity index (χ0v) is 7.92. The Balaban J connectivity index is 4.08. The standard InChI is InChI=1S/C9H17NO2/c1-5-7(6-11)10-8(12)9(2,3)4/h5,7,11H,1,6H2,2-4H3,(H,10,12)/t7-/m1/s1. The number of amides is 1. The molecule has 1 atom stereocenters. The van der Waals surface area contributed by atoms with E-state index in [9.17, 15) is 4.79 Å². The molecule has 0 unspecified atom stereocenters. The van der Waals surface area contributed by atoms with Gasteiger partial charge in [0.2, 0.25) is 5.91 Å². The Morgan fingerprint density at radius 3 is 2.42 bits per heavy atom. The molecule has 0 fully saturated rings. The lowest BCUT2D eigenvalue weighted by molar-refractivity contribution is -0.129. The Labute approximate surface area is 73.5 Å². The number of aliphatic hydroxyl groups is 1. The molecule has 1 amide bonds. The highest BCUT2D eigenvalue weighted by atomic mass is 16.3. The van der Waals surface area contributed by atoms with E-state index >= 15 is 0 Å². The molecule has 0 heterocycles. The Bertz CT molecular complexity index is 170. The molecule has 70 valence electrons. The van der Waals surface area contributed by atoms with E-state index in [4.69, 9.17) is 5.11 Å². The van der Waals surface area contributed by atoms with Gasteiger partial charge in [-0.3, -0.25) is 4.79 Å². The lowest BCUT2D eigenvalue weighted by atomic mass is 9.95. The minimum absolute atomic E-state index is 0.0820. The van der Waals surface area contributed by atoms with E-state index in [0.717, 1.165) is 0 Å². The van der Waals surface area contributed by atoms with Crippen LogP contribution in [-0.2, 0) is 4.79 Å². The molecular weight excluding hydrogens is 154 g/mol. The van der Waals surface area contributed by atoms with Crippen LogP contribution < -0.4 is 5.32 Å². The van der Waals surface area contributed by atoms with Crippen molar-refractivity contribution >= 4 is 5.91 Å². The summed E-state index contributed by atoms with van der Waals surface area (Å²) in [5.41, 5.74) is -0.420. The molecule has 3 heteroatoms. The largest absolute Gasteiger partial charge is 0.394 e. The van der Waals surface area contributed by atoms with Gasteiger partial charge in [0.05, 0.1) is 12.6 Å². The summed E-state index contributed by atoms with van der Waals surface area (Å²) in [6, 6.07) is -0.336. The normalized spacial score (nSPS) is 13.7. The van der Waals surface area contributed by atoms with Gasteiger partial charge in [-0.15, -0.1) is 6.58 Å². The van der Waals surface area contributed by atoms with Crippen molar-refractivity contribution < 1.29 is 9.90 Å². The Morgan fingerprint density at radius 1 is 1.67 bits per heavy atom. The molecule has 2 N–H and O–H groups in total. The van der Waals surface area contributed by atoms with Crippen molar-refractivity contribution in [3.05, 3.63) is 12.7 Å². The van der Waals surface area contributed by atoms with Crippen molar-refractivity contribution in [3.63, 3.8) is 0 Å². The van der Waals surface area contributed by atoms with Crippen molar-refractivity contribution in [3.8, 4) is 0 Å². The summed E-state index contributed by atoms with van der Waals surface area (Å²) in [6.45, 7) is 8.84. The van der Waals surface area contributed by atoms with Crippen LogP contribution in [0.5, 0.6) is 0 Å². The maximum Gasteiger partial charge on any atom is 0.225 e. The maximum atomic E-state index is 11.3. The highest BCUT2D eigenvalue weighted by molar-refractivity contribution is 5.81. The minimum Gasteiger partial charge on any atom is -0.394 e. The molecule has 0 aliphatic heterocycles. The first-order valence-electron chi connectivity index (χ1n) is 3.96. The van der Waals surface area contributed by atoms with Gasteiger partial charge in [0.25, 0.3) is 0 Å². The van der Waals surface area contributed by atoms with Gasteiger partial charge in [0.1, 0.15) is 0 Å². The monoisotopic (exact) mass is 171 g/mol. The van der Waals surface area contributed by atoms with Gasteiger partial charge < -0.3 is 10.4 Å². The van der Waals surface area contributed by atoms with Gasteiger partial charge in [-0.1, -0.05) is 26.8 Å². The SMILES string of the molecule is C=C[C@H](CO)NC(=O)C(C)(C)C. The summed E-state index contributed by atoms with van der Waals surface area (Å²) >= 11 is 0. The van der Waals surface area contributed by atoms with Crippen LogP contribution in [0, 0.1) is 5.41 Å². The van der Waals surface area contributed by atoms with Crippen LogP contribution in [0.2, 0.25) is 0 Å². The Morgan fingerprint density at radius 2 is 2.17 bits per heavy atom. The molecule has 3 nitrogen and oxygen atoms in total. The number of hydrogen-bond acceptors (Lipinski definition) is 2.